The molecule has 2 aromatic carbocycles. The Bertz CT molecular complexity index is 491. The Morgan fingerprint density at radius 3 is 2.40 bits per heavy atom. The van der Waals surface area contributed by atoms with Gasteiger partial charge in [-0.2, -0.15) is 0 Å². The molecule has 5 nitrogen and oxygen atoms in total. The monoisotopic (exact) mass is 205 g/mol. The Labute approximate surface area is 86.4 Å². The fraction of sp³-hybridized carbons (Fsp3) is 0. The number of hydrogen-bond acceptors (Lipinski definition) is 3. The molecule has 0 bridgehead atoms. The molecule has 0 amide bonds. The minimum absolute atomic E-state index is 0. The number of quaternary nitrogens is 1. The second kappa shape index (κ2) is 4.39. The van der Waals surface area contributed by atoms with Crippen LogP contribution in [0.4, 0.5) is 5.69 Å². The van der Waals surface area contributed by atoms with Crippen molar-refractivity contribution in [1.82, 2.24) is 6.15 Å². The van der Waals surface area contributed by atoms with Crippen molar-refractivity contribution in [3.63, 3.8) is 0 Å². The van der Waals surface area contributed by atoms with E-state index in [0.29, 0.717) is 0 Å². The number of benzene rings is 2. The largest absolute Gasteiger partial charge is 0.739 e. The van der Waals surface area contributed by atoms with Gasteiger partial charge in [0.15, 0.2) is 0 Å². The lowest BCUT2D eigenvalue weighted by Gasteiger charge is -2.04. The van der Waals surface area contributed by atoms with Gasteiger partial charge < -0.3 is 16.6 Å². The SMILES string of the molecule is [NH4+].[O-]/N=[N+](/[O-])c1cccc2ccccc12. The Balaban J connectivity index is 0.00000112. The number of rotatable bonds is 1. The quantitative estimate of drug-likeness (QED) is 0.438. The topological polar surface area (TPSA) is 98.0 Å². The first-order chi connectivity index (χ1) is 6.83. The lowest BCUT2D eigenvalue weighted by atomic mass is 10.1. The lowest BCUT2D eigenvalue weighted by Crippen LogP contribution is -1.90. The van der Waals surface area contributed by atoms with Crippen molar-refractivity contribution in [3.05, 3.63) is 52.9 Å². The van der Waals surface area contributed by atoms with E-state index >= 15 is 0 Å². The zero-order chi connectivity index (χ0) is 9.97. The molecule has 15 heavy (non-hydrogen) atoms. The fourth-order valence-corrected chi connectivity index (χ4v) is 1.42. The summed E-state index contributed by atoms with van der Waals surface area (Å²) in [5.41, 5.74) is 0.276. The third kappa shape index (κ3) is 1.87. The first-order valence-corrected chi connectivity index (χ1v) is 4.11. The highest BCUT2D eigenvalue weighted by Crippen LogP contribution is 2.24. The molecule has 0 aliphatic rings. The predicted molar refractivity (Wildman–Crippen MR) is 59.0 cm³/mol. The first kappa shape index (κ1) is 10.9. The van der Waals surface area contributed by atoms with Crippen molar-refractivity contribution in [1.29, 1.82) is 0 Å². The molecule has 0 fully saturated rings. The van der Waals surface area contributed by atoms with Crippen LogP contribution in [0.3, 0.4) is 0 Å². The van der Waals surface area contributed by atoms with Gasteiger partial charge in [0.2, 0.25) is 0 Å². The second-order valence-electron chi connectivity index (χ2n) is 2.85. The van der Waals surface area contributed by atoms with Crippen LogP contribution in [-0.2, 0) is 0 Å². The molecule has 0 unspecified atom stereocenters. The van der Waals surface area contributed by atoms with Crippen LogP contribution in [0.5, 0.6) is 0 Å². The Hall–Kier alpha value is -2.14. The normalized spacial score (nSPS) is 11.1. The van der Waals surface area contributed by atoms with Crippen molar-refractivity contribution in [2.45, 2.75) is 0 Å². The summed E-state index contributed by atoms with van der Waals surface area (Å²) in [6, 6.07) is 12.5. The smallest absolute Gasteiger partial charge is 0.251 e. The van der Waals surface area contributed by atoms with E-state index in [9.17, 15) is 10.4 Å². The molecule has 0 heterocycles. The van der Waals surface area contributed by atoms with Crippen LogP contribution in [0.1, 0.15) is 0 Å². The summed E-state index contributed by atoms with van der Waals surface area (Å²) in [4.78, 5) is 0.0856. The Kier molecular flexibility index (Phi) is 3.20. The van der Waals surface area contributed by atoms with Gasteiger partial charge in [0.25, 0.3) is 5.69 Å². The molecule has 0 aromatic heterocycles. The van der Waals surface area contributed by atoms with Crippen LogP contribution in [0.2, 0.25) is 0 Å². The molecule has 5 heteroatoms. The van der Waals surface area contributed by atoms with Gasteiger partial charge in [-0.05, 0) is 16.7 Å². The lowest BCUT2D eigenvalue weighted by molar-refractivity contribution is -0.434. The molecule has 0 aliphatic carbocycles. The zero-order valence-electron chi connectivity index (χ0n) is 8.25. The summed E-state index contributed by atoms with van der Waals surface area (Å²) >= 11 is 0. The Morgan fingerprint density at radius 2 is 1.67 bits per heavy atom. The molecular formula is C10H11N3O2. The molecule has 4 N–H and O–H groups in total. The minimum Gasteiger partial charge on any atom is -0.739 e. The highest BCUT2D eigenvalue weighted by molar-refractivity contribution is 5.90. The van der Waals surface area contributed by atoms with Gasteiger partial charge in [-0.1, -0.05) is 35.2 Å². The average molecular weight is 205 g/mol. The molecule has 0 spiro atoms. The van der Waals surface area contributed by atoms with E-state index < -0.39 is 0 Å². The van der Waals surface area contributed by atoms with Crippen LogP contribution in [0, 0.1) is 10.4 Å². The summed E-state index contributed by atoms with van der Waals surface area (Å²) < 4.78 is 0. The number of nitrogens with zero attached hydrogens (tertiary/aromatic N) is 2. The fourth-order valence-electron chi connectivity index (χ4n) is 1.42. The van der Waals surface area contributed by atoms with Gasteiger partial charge in [0, 0.05) is 6.07 Å². The molecule has 0 radical (unpaired) electrons. The van der Waals surface area contributed by atoms with E-state index in [1.165, 1.54) is 0 Å². The van der Waals surface area contributed by atoms with Gasteiger partial charge in [0.05, 0.1) is 5.39 Å². The molecule has 2 aromatic rings. The van der Waals surface area contributed by atoms with E-state index in [1.807, 2.05) is 24.3 Å². The van der Waals surface area contributed by atoms with Crippen LogP contribution in [0.15, 0.2) is 47.7 Å². The highest BCUT2D eigenvalue weighted by atomic mass is 16.6. The predicted octanol–water partition coefficient (Wildman–Crippen LogP) is 3.31. The van der Waals surface area contributed by atoms with Crippen LogP contribution >= 0.6 is 0 Å². The molecule has 2 rings (SSSR count). The summed E-state index contributed by atoms with van der Waals surface area (Å²) in [6.45, 7) is 0. The molecule has 78 valence electrons. The van der Waals surface area contributed by atoms with Gasteiger partial charge in [0.1, 0.15) is 0 Å². The summed E-state index contributed by atoms with van der Waals surface area (Å²) in [5, 5.41) is 25.2. The third-order valence-electron chi connectivity index (χ3n) is 2.05. The minimum atomic E-state index is 0. The summed E-state index contributed by atoms with van der Waals surface area (Å²) in [7, 11) is 0. The standard InChI is InChI=1S/C10H8N2O2.H3N/c13-11-12(14)10-7-3-5-8-4-1-2-6-9(8)10;/h1-7,13H;1H3/b12-11+;. The van der Waals surface area contributed by atoms with E-state index in [2.05, 4.69) is 5.28 Å². The maximum absolute atomic E-state index is 11.1. The van der Waals surface area contributed by atoms with Gasteiger partial charge >= 0.3 is 0 Å². The van der Waals surface area contributed by atoms with Crippen molar-refractivity contribution >= 4 is 16.5 Å². The molecule has 0 atom stereocenters. The van der Waals surface area contributed by atoms with Crippen LogP contribution < -0.4 is 6.15 Å². The Morgan fingerprint density at radius 1 is 1.00 bits per heavy atom. The molecular weight excluding hydrogens is 194 g/mol. The maximum Gasteiger partial charge on any atom is 0.251 e. The second-order valence-corrected chi connectivity index (χ2v) is 2.85. The third-order valence-corrected chi connectivity index (χ3v) is 2.05. The van der Waals surface area contributed by atoms with Crippen molar-refractivity contribution in [2.24, 2.45) is 5.28 Å². The van der Waals surface area contributed by atoms with Gasteiger partial charge in [-0.25, -0.2) is 0 Å². The van der Waals surface area contributed by atoms with Crippen molar-refractivity contribution in [3.8, 4) is 0 Å². The van der Waals surface area contributed by atoms with E-state index in [-0.39, 0.29) is 16.7 Å². The van der Waals surface area contributed by atoms with E-state index in [0.717, 1.165) is 10.8 Å². The number of fused-ring (bicyclic) bond motifs is 1. The first-order valence-electron chi connectivity index (χ1n) is 4.11. The van der Waals surface area contributed by atoms with Crippen molar-refractivity contribution < 1.29 is 4.86 Å². The molecule has 0 saturated carbocycles. The van der Waals surface area contributed by atoms with E-state index in [4.69, 9.17) is 0 Å². The molecule has 0 saturated heterocycles. The highest BCUT2D eigenvalue weighted by Gasteiger charge is 2.06. The molecule has 0 aliphatic heterocycles. The van der Waals surface area contributed by atoms with Crippen LogP contribution in [-0.4, -0.2) is 4.86 Å². The zero-order valence-corrected chi connectivity index (χ0v) is 8.25. The van der Waals surface area contributed by atoms with E-state index in [1.54, 1.807) is 18.2 Å². The summed E-state index contributed by atoms with van der Waals surface area (Å²) in [5.74, 6) is 0. The average Bonchev–Trinajstić information content (AvgIpc) is 2.27. The van der Waals surface area contributed by atoms with Gasteiger partial charge in [-0.3, -0.25) is 0 Å². The maximum atomic E-state index is 11.1. The van der Waals surface area contributed by atoms with Crippen molar-refractivity contribution in [2.75, 3.05) is 0 Å². The van der Waals surface area contributed by atoms with Crippen LogP contribution in [0.25, 0.3) is 10.8 Å². The number of hydrogen-bond donors (Lipinski definition) is 1. The summed E-state index contributed by atoms with van der Waals surface area (Å²) in [6.07, 6.45) is 0. The van der Waals surface area contributed by atoms with Gasteiger partial charge in [-0.15, -0.1) is 0 Å².